The monoisotopic (exact) mass is 262 g/mol. The fourth-order valence-electron chi connectivity index (χ4n) is 2.62. The van der Waals surface area contributed by atoms with Gasteiger partial charge < -0.3 is 0 Å². The molecule has 0 bridgehead atoms. The van der Waals surface area contributed by atoms with E-state index in [0.29, 0.717) is 0 Å². The molecule has 100 valence electrons. The van der Waals surface area contributed by atoms with Gasteiger partial charge in [-0.25, -0.2) is 5.43 Å². The van der Waals surface area contributed by atoms with E-state index in [1.807, 2.05) is 24.3 Å². The summed E-state index contributed by atoms with van der Waals surface area (Å²) in [5, 5.41) is 0. The number of benzene rings is 2. The van der Waals surface area contributed by atoms with Crippen LogP contribution in [-0.2, 0) is 5.54 Å². The third kappa shape index (κ3) is 2.31. The highest BCUT2D eigenvalue weighted by atomic mass is 15.3. The number of hydrazine groups is 1. The van der Waals surface area contributed by atoms with Crippen molar-refractivity contribution in [2.45, 2.75) is 12.0 Å². The number of nitrogens with two attached hydrogens (primary N) is 1. The predicted molar refractivity (Wildman–Crippen MR) is 83.6 cm³/mol. The highest BCUT2D eigenvalue weighted by molar-refractivity contribution is 5.75. The number of allylic oxidation sites excluding steroid dienone is 2. The van der Waals surface area contributed by atoms with Gasteiger partial charge in [0.25, 0.3) is 0 Å². The summed E-state index contributed by atoms with van der Waals surface area (Å²) in [7, 11) is 0. The summed E-state index contributed by atoms with van der Waals surface area (Å²) in [6, 6.07) is 20.7. The normalized spacial score (nSPS) is 21.6. The lowest BCUT2D eigenvalue weighted by molar-refractivity contribution is 0.429. The van der Waals surface area contributed by atoms with Gasteiger partial charge in [0.1, 0.15) is 0 Å². The molecule has 2 nitrogen and oxygen atoms in total. The summed E-state index contributed by atoms with van der Waals surface area (Å²) in [6.07, 6.45) is 7.38. The summed E-state index contributed by atoms with van der Waals surface area (Å²) in [6.45, 7) is 0. The molecular weight excluding hydrogens is 244 g/mol. The molecule has 0 saturated carbocycles. The Kier molecular flexibility index (Phi) is 3.50. The molecule has 1 atom stereocenters. The van der Waals surface area contributed by atoms with Crippen molar-refractivity contribution in [2.24, 2.45) is 5.84 Å². The molecule has 0 aliphatic heterocycles. The van der Waals surface area contributed by atoms with Crippen molar-refractivity contribution in [3.05, 3.63) is 90.0 Å². The highest BCUT2D eigenvalue weighted by Crippen LogP contribution is 2.33. The Labute approximate surface area is 119 Å². The second kappa shape index (κ2) is 5.45. The van der Waals surface area contributed by atoms with E-state index in [1.54, 1.807) is 0 Å². The van der Waals surface area contributed by atoms with Crippen LogP contribution in [0.1, 0.15) is 17.5 Å². The summed E-state index contributed by atoms with van der Waals surface area (Å²) in [5.74, 6) is 5.82. The standard InChI is InChI=1S/C18H18N2/c19-20-18(17-9-5-2-6-10-17)13-11-16(12-14-18)15-7-3-1-4-8-15/h1-13,20H,14,19H2. The minimum absolute atomic E-state index is 0.306. The Morgan fingerprint density at radius 2 is 1.55 bits per heavy atom. The Bertz CT molecular complexity index is 629. The number of hydrogen-bond donors (Lipinski definition) is 2. The van der Waals surface area contributed by atoms with E-state index in [9.17, 15) is 0 Å². The zero-order chi connectivity index (χ0) is 13.8. The van der Waals surface area contributed by atoms with Crippen molar-refractivity contribution in [1.82, 2.24) is 5.43 Å². The van der Waals surface area contributed by atoms with Gasteiger partial charge in [-0.2, -0.15) is 0 Å². The van der Waals surface area contributed by atoms with Crippen molar-refractivity contribution >= 4 is 5.57 Å². The minimum atomic E-state index is -0.306. The van der Waals surface area contributed by atoms with E-state index >= 15 is 0 Å². The van der Waals surface area contributed by atoms with Crippen LogP contribution in [-0.4, -0.2) is 0 Å². The maximum Gasteiger partial charge on any atom is 0.0787 e. The van der Waals surface area contributed by atoms with E-state index in [0.717, 1.165) is 6.42 Å². The molecule has 3 rings (SSSR count). The van der Waals surface area contributed by atoms with Crippen LogP contribution >= 0.6 is 0 Å². The summed E-state index contributed by atoms with van der Waals surface area (Å²) in [5.41, 5.74) is 6.33. The number of rotatable bonds is 3. The molecule has 0 radical (unpaired) electrons. The van der Waals surface area contributed by atoms with Crippen LogP contribution in [0, 0.1) is 0 Å². The Hall–Kier alpha value is -2.16. The summed E-state index contributed by atoms with van der Waals surface area (Å²) < 4.78 is 0. The minimum Gasteiger partial charge on any atom is -0.270 e. The molecule has 0 spiro atoms. The van der Waals surface area contributed by atoms with Crippen molar-refractivity contribution < 1.29 is 0 Å². The van der Waals surface area contributed by atoms with Crippen LogP contribution in [0.3, 0.4) is 0 Å². The highest BCUT2D eigenvalue weighted by Gasteiger charge is 2.28. The van der Waals surface area contributed by atoms with Gasteiger partial charge in [-0.1, -0.05) is 78.9 Å². The summed E-state index contributed by atoms with van der Waals surface area (Å²) >= 11 is 0. The smallest absolute Gasteiger partial charge is 0.0787 e. The first-order chi connectivity index (χ1) is 9.84. The molecule has 0 saturated heterocycles. The fourth-order valence-corrected chi connectivity index (χ4v) is 2.62. The lowest BCUT2D eigenvalue weighted by Crippen LogP contribution is -2.45. The molecule has 3 N–H and O–H groups in total. The van der Waals surface area contributed by atoms with E-state index < -0.39 is 0 Å². The van der Waals surface area contributed by atoms with Gasteiger partial charge in [0.15, 0.2) is 0 Å². The van der Waals surface area contributed by atoms with Gasteiger partial charge in [0.05, 0.1) is 5.54 Å². The van der Waals surface area contributed by atoms with Gasteiger partial charge in [-0.05, 0) is 23.1 Å². The average Bonchev–Trinajstić information content (AvgIpc) is 2.56. The van der Waals surface area contributed by atoms with Gasteiger partial charge in [-0.15, -0.1) is 0 Å². The van der Waals surface area contributed by atoms with Gasteiger partial charge in [0.2, 0.25) is 0 Å². The number of nitrogens with one attached hydrogen (secondary N) is 1. The molecule has 2 aromatic carbocycles. The van der Waals surface area contributed by atoms with Crippen molar-refractivity contribution in [3.63, 3.8) is 0 Å². The maximum absolute atomic E-state index is 5.82. The predicted octanol–water partition coefficient (Wildman–Crippen LogP) is 3.39. The van der Waals surface area contributed by atoms with Crippen molar-refractivity contribution in [3.8, 4) is 0 Å². The zero-order valence-electron chi connectivity index (χ0n) is 11.3. The third-order valence-electron chi connectivity index (χ3n) is 3.84. The molecule has 1 aliphatic rings. The molecular formula is C18H18N2. The van der Waals surface area contributed by atoms with Gasteiger partial charge in [-0.3, -0.25) is 5.84 Å². The van der Waals surface area contributed by atoms with E-state index in [2.05, 4.69) is 60.1 Å². The molecule has 0 amide bonds. The largest absolute Gasteiger partial charge is 0.270 e. The van der Waals surface area contributed by atoms with Crippen LogP contribution < -0.4 is 11.3 Å². The molecule has 1 unspecified atom stereocenters. The fraction of sp³-hybridized carbons (Fsp3) is 0.111. The Balaban J connectivity index is 1.91. The Morgan fingerprint density at radius 1 is 0.900 bits per heavy atom. The van der Waals surface area contributed by atoms with Crippen LogP contribution in [0.2, 0.25) is 0 Å². The molecule has 2 heteroatoms. The maximum atomic E-state index is 5.82. The lowest BCUT2D eigenvalue weighted by atomic mass is 9.82. The first-order valence-electron chi connectivity index (χ1n) is 6.82. The quantitative estimate of drug-likeness (QED) is 0.657. The summed E-state index contributed by atoms with van der Waals surface area (Å²) in [4.78, 5) is 0. The average molecular weight is 262 g/mol. The molecule has 0 aromatic heterocycles. The SMILES string of the molecule is NNC1(c2ccccc2)C=CC(c2ccccc2)=CC1. The molecule has 2 aromatic rings. The van der Waals surface area contributed by atoms with E-state index in [1.165, 1.54) is 16.7 Å². The Morgan fingerprint density at radius 3 is 2.10 bits per heavy atom. The second-order valence-corrected chi connectivity index (χ2v) is 5.04. The lowest BCUT2D eigenvalue weighted by Gasteiger charge is -2.32. The zero-order valence-corrected chi connectivity index (χ0v) is 11.3. The van der Waals surface area contributed by atoms with Crippen LogP contribution in [0.15, 0.2) is 78.9 Å². The topological polar surface area (TPSA) is 38.0 Å². The second-order valence-electron chi connectivity index (χ2n) is 5.04. The van der Waals surface area contributed by atoms with Crippen molar-refractivity contribution in [1.29, 1.82) is 0 Å². The third-order valence-corrected chi connectivity index (χ3v) is 3.84. The van der Waals surface area contributed by atoms with Crippen LogP contribution in [0.25, 0.3) is 5.57 Å². The first-order valence-corrected chi connectivity index (χ1v) is 6.82. The van der Waals surface area contributed by atoms with Crippen LogP contribution in [0.4, 0.5) is 0 Å². The van der Waals surface area contributed by atoms with Gasteiger partial charge >= 0.3 is 0 Å². The van der Waals surface area contributed by atoms with Crippen LogP contribution in [0.5, 0.6) is 0 Å². The van der Waals surface area contributed by atoms with Gasteiger partial charge in [0, 0.05) is 0 Å². The molecule has 20 heavy (non-hydrogen) atoms. The van der Waals surface area contributed by atoms with E-state index in [-0.39, 0.29) is 5.54 Å². The number of hydrogen-bond acceptors (Lipinski definition) is 2. The first kappa shape index (κ1) is 12.9. The molecule has 0 fully saturated rings. The molecule has 0 heterocycles. The molecule has 1 aliphatic carbocycles. The van der Waals surface area contributed by atoms with Crippen molar-refractivity contribution in [2.75, 3.05) is 0 Å². The van der Waals surface area contributed by atoms with E-state index in [4.69, 9.17) is 5.84 Å².